The molecule has 2 N–H and O–H groups in total. The summed E-state index contributed by atoms with van der Waals surface area (Å²) in [6.07, 6.45) is 0. The number of carbonyl (C=O) groups excluding carboxylic acids is 2. The molecule has 0 saturated heterocycles. The van der Waals surface area contributed by atoms with Gasteiger partial charge in [-0.1, -0.05) is 6.92 Å². The zero-order valence-electron chi connectivity index (χ0n) is 10.2. The second-order valence-corrected chi connectivity index (χ2v) is 3.99. The number of nitrogens with one attached hydrogen (secondary N) is 2. The molecule has 0 unspecified atom stereocenters. The summed E-state index contributed by atoms with van der Waals surface area (Å²) in [4.78, 5) is 24.4. The Hall–Kier alpha value is -1.10. The molecular formula is C10H21N3O2. The van der Waals surface area contributed by atoms with E-state index in [9.17, 15) is 9.59 Å². The van der Waals surface area contributed by atoms with Crippen molar-refractivity contribution < 1.29 is 9.59 Å². The van der Waals surface area contributed by atoms with Gasteiger partial charge in [-0.2, -0.15) is 0 Å². The van der Waals surface area contributed by atoms with E-state index >= 15 is 0 Å². The maximum atomic E-state index is 11.9. The highest BCUT2D eigenvalue weighted by atomic mass is 16.2. The number of nitrogens with zero attached hydrogens (tertiary/aromatic N) is 1. The molecule has 88 valence electrons. The third-order valence-electron chi connectivity index (χ3n) is 2.16. The number of rotatable bonds is 5. The van der Waals surface area contributed by atoms with Crippen molar-refractivity contribution in [3.05, 3.63) is 0 Å². The second-order valence-electron chi connectivity index (χ2n) is 3.99. The van der Waals surface area contributed by atoms with Gasteiger partial charge in [0.25, 0.3) is 0 Å². The van der Waals surface area contributed by atoms with Gasteiger partial charge in [-0.15, -0.1) is 0 Å². The van der Waals surface area contributed by atoms with E-state index in [-0.39, 0.29) is 18.4 Å². The van der Waals surface area contributed by atoms with Crippen LogP contribution < -0.4 is 10.6 Å². The second kappa shape index (κ2) is 5.70. The Kier molecular flexibility index (Phi) is 5.28. The van der Waals surface area contributed by atoms with Crippen LogP contribution in [0.4, 0.5) is 0 Å². The van der Waals surface area contributed by atoms with Crippen molar-refractivity contribution in [3.63, 3.8) is 0 Å². The average Bonchev–Trinajstić information content (AvgIpc) is 2.16. The van der Waals surface area contributed by atoms with Crippen molar-refractivity contribution in [2.45, 2.75) is 26.3 Å². The normalized spacial score (nSPS) is 11.0. The average molecular weight is 215 g/mol. The van der Waals surface area contributed by atoms with Crippen LogP contribution >= 0.6 is 0 Å². The quantitative estimate of drug-likeness (QED) is 0.655. The monoisotopic (exact) mass is 215 g/mol. The van der Waals surface area contributed by atoms with Gasteiger partial charge < -0.3 is 15.5 Å². The van der Waals surface area contributed by atoms with Crippen LogP contribution in [0.5, 0.6) is 0 Å². The van der Waals surface area contributed by atoms with Gasteiger partial charge in [0.05, 0.1) is 12.1 Å². The molecule has 0 heterocycles. The zero-order valence-corrected chi connectivity index (χ0v) is 10.2. The van der Waals surface area contributed by atoms with Gasteiger partial charge in [0, 0.05) is 14.1 Å². The number of hydrogen-bond donors (Lipinski definition) is 2. The number of carbonyl (C=O) groups is 2. The van der Waals surface area contributed by atoms with Gasteiger partial charge in [0.15, 0.2) is 0 Å². The van der Waals surface area contributed by atoms with Crippen LogP contribution in [-0.4, -0.2) is 49.4 Å². The molecular weight excluding hydrogens is 194 g/mol. The minimum absolute atomic E-state index is 0.0875. The standard InChI is InChI=1S/C10H21N3O2/c1-6-12-10(2,3)9(15)13(5)7-8(14)11-4/h12H,6-7H2,1-5H3,(H,11,14). The third-order valence-corrected chi connectivity index (χ3v) is 2.16. The minimum atomic E-state index is -0.627. The molecule has 0 atom stereocenters. The molecule has 0 saturated carbocycles. The summed E-state index contributed by atoms with van der Waals surface area (Å²) < 4.78 is 0. The highest BCUT2D eigenvalue weighted by molar-refractivity contribution is 5.89. The Bertz CT molecular complexity index is 239. The van der Waals surface area contributed by atoms with Crippen molar-refractivity contribution in [2.24, 2.45) is 0 Å². The number of likely N-dealkylation sites (N-methyl/N-ethyl adjacent to an activating group) is 3. The van der Waals surface area contributed by atoms with Gasteiger partial charge in [-0.3, -0.25) is 9.59 Å². The fraction of sp³-hybridized carbons (Fsp3) is 0.800. The van der Waals surface area contributed by atoms with E-state index in [0.717, 1.165) is 0 Å². The molecule has 0 aliphatic carbocycles. The van der Waals surface area contributed by atoms with Gasteiger partial charge >= 0.3 is 0 Å². The van der Waals surface area contributed by atoms with Crippen molar-refractivity contribution in [1.82, 2.24) is 15.5 Å². The molecule has 0 aromatic carbocycles. The van der Waals surface area contributed by atoms with E-state index in [1.807, 2.05) is 6.92 Å². The van der Waals surface area contributed by atoms with E-state index in [1.54, 1.807) is 27.9 Å². The van der Waals surface area contributed by atoms with Crippen LogP contribution in [-0.2, 0) is 9.59 Å². The smallest absolute Gasteiger partial charge is 0.242 e. The zero-order chi connectivity index (χ0) is 12.1. The molecule has 0 aliphatic heterocycles. The summed E-state index contributed by atoms with van der Waals surface area (Å²) >= 11 is 0. The fourth-order valence-corrected chi connectivity index (χ4v) is 1.36. The SMILES string of the molecule is CCNC(C)(C)C(=O)N(C)CC(=O)NC. The molecule has 0 fully saturated rings. The van der Waals surface area contributed by atoms with Crippen LogP contribution in [0, 0.1) is 0 Å². The van der Waals surface area contributed by atoms with Gasteiger partial charge in [-0.05, 0) is 20.4 Å². The highest BCUT2D eigenvalue weighted by Gasteiger charge is 2.29. The molecule has 15 heavy (non-hydrogen) atoms. The molecule has 0 aromatic rings. The van der Waals surface area contributed by atoms with Gasteiger partial charge in [0.1, 0.15) is 0 Å². The summed E-state index contributed by atoms with van der Waals surface area (Å²) in [5.74, 6) is -0.258. The van der Waals surface area contributed by atoms with Crippen LogP contribution in [0.1, 0.15) is 20.8 Å². The highest BCUT2D eigenvalue weighted by Crippen LogP contribution is 2.06. The van der Waals surface area contributed by atoms with E-state index < -0.39 is 5.54 Å². The molecule has 0 rings (SSSR count). The first-order chi connectivity index (χ1) is 6.85. The van der Waals surface area contributed by atoms with Crippen LogP contribution in [0.25, 0.3) is 0 Å². The maximum absolute atomic E-state index is 11.9. The maximum Gasteiger partial charge on any atom is 0.242 e. The van der Waals surface area contributed by atoms with E-state index in [4.69, 9.17) is 0 Å². The molecule has 0 spiro atoms. The summed E-state index contributed by atoms with van der Waals surface area (Å²) in [6.45, 7) is 6.35. The summed E-state index contributed by atoms with van der Waals surface area (Å²) in [7, 11) is 3.17. The largest absolute Gasteiger partial charge is 0.358 e. The van der Waals surface area contributed by atoms with Crippen molar-refractivity contribution >= 4 is 11.8 Å². The topological polar surface area (TPSA) is 61.4 Å². The summed E-state index contributed by atoms with van der Waals surface area (Å²) in [5.41, 5.74) is -0.627. The Morgan fingerprint density at radius 1 is 1.33 bits per heavy atom. The van der Waals surface area contributed by atoms with Crippen molar-refractivity contribution in [3.8, 4) is 0 Å². The minimum Gasteiger partial charge on any atom is -0.358 e. The van der Waals surface area contributed by atoms with E-state index in [1.165, 1.54) is 4.90 Å². The summed E-state index contributed by atoms with van der Waals surface area (Å²) in [5, 5.41) is 5.55. The summed E-state index contributed by atoms with van der Waals surface area (Å²) in [6, 6.07) is 0. The molecule has 0 bridgehead atoms. The Labute approximate surface area is 91.2 Å². The third kappa shape index (κ3) is 4.29. The molecule has 0 aliphatic rings. The molecule has 2 amide bonds. The van der Waals surface area contributed by atoms with Crippen LogP contribution in [0.15, 0.2) is 0 Å². The molecule has 0 aromatic heterocycles. The number of hydrogen-bond acceptors (Lipinski definition) is 3. The first-order valence-electron chi connectivity index (χ1n) is 5.06. The Balaban J connectivity index is 4.36. The lowest BCUT2D eigenvalue weighted by atomic mass is 10.0. The lowest BCUT2D eigenvalue weighted by Crippen LogP contribution is -2.54. The lowest BCUT2D eigenvalue weighted by Gasteiger charge is -2.29. The first kappa shape index (κ1) is 13.9. The number of amides is 2. The van der Waals surface area contributed by atoms with E-state index in [0.29, 0.717) is 6.54 Å². The lowest BCUT2D eigenvalue weighted by molar-refractivity contribution is -0.139. The van der Waals surface area contributed by atoms with Crippen LogP contribution in [0.3, 0.4) is 0 Å². The van der Waals surface area contributed by atoms with Crippen molar-refractivity contribution in [1.29, 1.82) is 0 Å². The molecule has 0 radical (unpaired) electrons. The van der Waals surface area contributed by atoms with Crippen LogP contribution in [0.2, 0.25) is 0 Å². The first-order valence-corrected chi connectivity index (χ1v) is 5.06. The van der Waals surface area contributed by atoms with Gasteiger partial charge in [-0.25, -0.2) is 0 Å². The van der Waals surface area contributed by atoms with Crippen molar-refractivity contribution in [2.75, 3.05) is 27.2 Å². The predicted molar refractivity (Wildman–Crippen MR) is 59.5 cm³/mol. The van der Waals surface area contributed by atoms with E-state index in [2.05, 4.69) is 10.6 Å². The fourth-order valence-electron chi connectivity index (χ4n) is 1.36. The van der Waals surface area contributed by atoms with Gasteiger partial charge in [0.2, 0.25) is 11.8 Å². The molecule has 5 nitrogen and oxygen atoms in total. The Morgan fingerprint density at radius 3 is 2.27 bits per heavy atom. The Morgan fingerprint density at radius 2 is 1.87 bits per heavy atom. The predicted octanol–water partition coefficient (Wildman–Crippen LogP) is -0.421. The molecule has 5 heteroatoms.